The smallest absolute Gasteiger partial charge is 0.326 e. The van der Waals surface area contributed by atoms with Crippen LogP contribution in [0.25, 0.3) is 0 Å². The molecule has 9 heteroatoms. The summed E-state index contributed by atoms with van der Waals surface area (Å²) >= 11 is 0. The number of carboxylic acids is 1. The molecule has 228 valence electrons. The lowest BCUT2D eigenvalue weighted by Gasteiger charge is -2.29. The number of rotatable bonds is 14. The van der Waals surface area contributed by atoms with E-state index >= 15 is 0 Å². The number of unbranched alkanes of at least 4 members (excludes halogenated alkanes) is 1. The zero-order valence-corrected chi connectivity index (χ0v) is 25.8. The highest BCUT2D eigenvalue weighted by atomic mass is 31.2. The molecule has 1 heterocycles. The molecule has 5 unspecified atom stereocenters. The number of aliphatic carboxylic acids is 1. The normalized spacial score (nSPS) is 27.9. The second kappa shape index (κ2) is 14.3. The van der Waals surface area contributed by atoms with Crippen molar-refractivity contribution in [2.75, 3.05) is 18.9 Å². The largest absolute Gasteiger partial charge is 0.480 e. The molecule has 4 rings (SSSR count). The van der Waals surface area contributed by atoms with Gasteiger partial charge in [-0.15, -0.1) is 0 Å². The predicted octanol–water partition coefficient (Wildman–Crippen LogP) is 6.37. The van der Waals surface area contributed by atoms with Crippen molar-refractivity contribution in [1.29, 1.82) is 0 Å². The van der Waals surface area contributed by atoms with Gasteiger partial charge in [0.05, 0.1) is 0 Å². The van der Waals surface area contributed by atoms with E-state index in [1.807, 2.05) is 44.2 Å². The summed E-state index contributed by atoms with van der Waals surface area (Å²) in [6.07, 6.45) is 7.68. The van der Waals surface area contributed by atoms with E-state index in [0.29, 0.717) is 37.1 Å². The first-order chi connectivity index (χ1) is 19.6. The number of aryl methyl sites for hydroxylation is 1. The minimum absolute atomic E-state index is 0.158. The van der Waals surface area contributed by atoms with Gasteiger partial charge in [0, 0.05) is 25.0 Å². The van der Waals surface area contributed by atoms with E-state index in [1.165, 1.54) is 42.6 Å². The Bertz CT molecular complexity index is 1080. The van der Waals surface area contributed by atoms with Gasteiger partial charge in [-0.25, -0.2) is 4.79 Å². The van der Waals surface area contributed by atoms with Gasteiger partial charge in [0.2, 0.25) is 19.6 Å². The molecule has 1 aromatic carbocycles. The summed E-state index contributed by atoms with van der Waals surface area (Å²) < 4.78 is 25.8. The van der Waals surface area contributed by atoms with Crippen LogP contribution in [0.2, 0.25) is 0 Å². The van der Waals surface area contributed by atoms with Crippen LogP contribution in [-0.2, 0) is 34.6 Å². The zero-order chi connectivity index (χ0) is 29.6. The second-order valence-electron chi connectivity index (χ2n) is 12.6. The fraction of sp³-hybridized carbons (Fsp3) is 0.719. The molecule has 0 radical (unpaired) electrons. The molecule has 3 fully saturated rings. The van der Waals surface area contributed by atoms with E-state index in [0.717, 1.165) is 12.8 Å². The first kappa shape index (κ1) is 31.7. The number of esters is 1. The maximum atomic E-state index is 14.3. The average molecular weight is 590 g/mol. The Morgan fingerprint density at radius 2 is 1.73 bits per heavy atom. The lowest BCUT2D eigenvalue weighted by atomic mass is 9.95. The SMILES string of the molecule is CCC(=O)OC(OP(=O)(CCCCc1ccccc1)CC(=O)N1CC(C2C3CCCCCC32)C[C@H]1C(=O)O)C(C)C. The van der Waals surface area contributed by atoms with Crippen molar-refractivity contribution in [1.82, 2.24) is 4.90 Å². The molecule has 2 aliphatic carbocycles. The summed E-state index contributed by atoms with van der Waals surface area (Å²) in [6.45, 7) is 5.72. The van der Waals surface area contributed by atoms with Crippen molar-refractivity contribution in [3.8, 4) is 0 Å². The van der Waals surface area contributed by atoms with Crippen LogP contribution >= 0.6 is 7.37 Å². The van der Waals surface area contributed by atoms with Crippen molar-refractivity contribution < 1.29 is 33.3 Å². The lowest BCUT2D eigenvalue weighted by Crippen LogP contribution is -2.42. The highest BCUT2D eigenvalue weighted by Crippen LogP contribution is 2.60. The van der Waals surface area contributed by atoms with Crippen LogP contribution in [0.4, 0.5) is 0 Å². The average Bonchev–Trinajstić information content (AvgIpc) is 3.52. The fourth-order valence-corrected chi connectivity index (χ4v) is 9.36. The molecule has 1 aromatic rings. The summed E-state index contributed by atoms with van der Waals surface area (Å²) in [4.78, 5) is 39.5. The molecule has 0 bridgehead atoms. The monoisotopic (exact) mass is 589 g/mol. The highest BCUT2D eigenvalue weighted by molar-refractivity contribution is 7.59. The number of fused-ring (bicyclic) bond motifs is 1. The Hall–Kier alpha value is -2.18. The maximum absolute atomic E-state index is 14.3. The molecule has 1 saturated heterocycles. The van der Waals surface area contributed by atoms with E-state index < -0.39 is 37.5 Å². The number of carbonyl (C=O) groups excluding carboxylic acids is 2. The molecule has 6 atom stereocenters. The van der Waals surface area contributed by atoms with Crippen molar-refractivity contribution in [3.05, 3.63) is 35.9 Å². The van der Waals surface area contributed by atoms with E-state index in [9.17, 15) is 24.1 Å². The number of carboxylic acid groups (broad SMARTS) is 1. The molecular weight excluding hydrogens is 541 g/mol. The van der Waals surface area contributed by atoms with Gasteiger partial charge in [0.1, 0.15) is 12.2 Å². The van der Waals surface area contributed by atoms with E-state index in [2.05, 4.69) is 0 Å². The first-order valence-electron chi connectivity index (χ1n) is 15.6. The summed E-state index contributed by atoms with van der Waals surface area (Å²) in [6, 6.07) is 9.13. The van der Waals surface area contributed by atoms with Crippen LogP contribution < -0.4 is 0 Å². The molecule has 1 N–H and O–H groups in total. The van der Waals surface area contributed by atoms with Crippen LogP contribution in [0.1, 0.15) is 84.1 Å². The summed E-state index contributed by atoms with van der Waals surface area (Å²) in [5.41, 5.74) is 1.18. The van der Waals surface area contributed by atoms with E-state index in [1.54, 1.807) is 6.92 Å². The van der Waals surface area contributed by atoms with Gasteiger partial charge in [-0.1, -0.05) is 70.4 Å². The van der Waals surface area contributed by atoms with Gasteiger partial charge in [-0.2, -0.15) is 0 Å². The van der Waals surface area contributed by atoms with Gasteiger partial charge in [0.25, 0.3) is 0 Å². The highest BCUT2D eigenvalue weighted by Gasteiger charge is 2.57. The molecule has 1 aliphatic heterocycles. The Balaban J connectivity index is 1.45. The van der Waals surface area contributed by atoms with Crippen molar-refractivity contribution >= 4 is 25.2 Å². The van der Waals surface area contributed by atoms with Crippen LogP contribution in [0.5, 0.6) is 0 Å². The molecule has 0 spiro atoms. The van der Waals surface area contributed by atoms with Crippen LogP contribution in [0.3, 0.4) is 0 Å². The van der Waals surface area contributed by atoms with Gasteiger partial charge in [0.15, 0.2) is 0 Å². The van der Waals surface area contributed by atoms with Crippen molar-refractivity contribution in [2.24, 2.45) is 29.6 Å². The number of hydrogen-bond donors (Lipinski definition) is 1. The molecule has 1 amide bonds. The lowest BCUT2D eigenvalue weighted by molar-refractivity contribution is -0.169. The molecule has 3 aliphatic rings. The summed E-state index contributed by atoms with van der Waals surface area (Å²) in [7, 11) is -3.60. The third-order valence-electron chi connectivity index (χ3n) is 9.27. The van der Waals surface area contributed by atoms with E-state index in [-0.39, 0.29) is 30.6 Å². The fourth-order valence-electron chi connectivity index (χ4n) is 7.05. The zero-order valence-electron chi connectivity index (χ0n) is 24.9. The topological polar surface area (TPSA) is 110 Å². The van der Waals surface area contributed by atoms with Crippen LogP contribution in [0, 0.1) is 29.6 Å². The summed E-state index contributed by atoms with van der Waals surface area (Å²) in [5.74, 6) is -0.168. The van der Waals surface area contributed by atoms with Gasteiger partial charge in [-0.05, 0) is 67.8 Å². The molecule has 8 nitrogen and oxygen atoms in total. The number of hydrogen-bond acceptors (Lipinski definition) is 6. The maximum Gasteiger partial charge on any atom is 0.326 e. The van der Waals surface area contributed by atoms with E-state index in [4.69, 9.17) is 9.26 Å². The number of ether oxygens (including phenoxy) is 1. The quantitative estimate of drug-likeness (QED) is 0.116. The minimum Gasteiger partial charge on any atom is -0.480 e. The van der Waals surface area contributed by atoms with Crippen molar-refractivity contribution in [2.45, 2.75) is 97.3 Å². The van der Waals surface area contributed by atoms with Gasteiger partial charge < -0.3 is 14.7 Å². The third kappa shape index (κ3) is 8.44. The second-order valence-corrected chi connectivity index (χ2v) is 15.2. The number of nitrogens with zero attached hydrogens (tertiary/aromatic N) is 1. The number of amides is 1. The standard InChI is InChI=1S/C32H48NO7P/c1-4-29(35)39-32(22(2)3)40-41(38,18-12-11-15-23-13-7-5-8-14-23)21-28(34)33-20-24(19-27(33)31(36)37)30-25-16-9-6-10-17-26(25)30/h5,7-8,13-14,22,24-27,30,32H,4,6,9-12,15-21H2,1-3H3,(H,36,37)/t24?,25?,26?,27-,30?,32?,41?/m0/s1. The van der Waals surface area contributed by atoms with Gasteiger partial charge in [-0.3, -0.25) is 18.7 Å². The Morgan fingerprint density at radius 3 is 2.34 bits per heavy atom. The van der Waals surface area contributed by atoms with Crippen molar-refractivity contribution in [3.63, 3.8) is 0 Å². The van der Waals surface area contributed by atoms with Crippen LogP contribution in [0.15, 0.2) is 30.3 Å². The van der Waals surface area contributed by atoms with Gasteiger partial charge >= 0.3 is 11.9 Å². The molecule has 41 heavy (non-hydrogen) atoms. The first-order valence-corrected chi connectivity index (χ1v) is 17.6. The molecular formula is C32H48NO7P. The van der Waals surface area contributed by atoms with Crippen LogP contribution in [-0.4, -0.2) is 59.1 Å². The molecule has 0 aromatic heterocycles. The third-order valence-corrected chi connectivity index (χ3v) is 11.6. The number of carbonyl (C=O) groups is 3. The Kier molecular flexibility index (Phi) is 11.1. The predicted molar refractivity (Wildman–Crippen MR) is 158 cm³/mol. The number of likely N-dealkylation sites (tertiary alicyclic amines) is 1. The molecule has 2 saturated carbocycles. The number of benzene rings is 1. The minimum atomic E-state index is -3.60. The Labute approximate surface area is 245 Å². The summed E-state index contributed by atoms with van der Waals surface area (Å²) in [5, 5.41) is 10.0. The Morgan fingerprint density at radius 1 is 1.05 bits per heavy atom.